The lowest BCUT2D eigenvalue weighted by Gasteiger charge is -2.40. The SMILES string of the molecule is Cc1cnc(N2CCCC(C=O)(CCCN(C)CCC=O)C2)c2c1[nH]c1ccccc12. The summed E-state index contributed by atoms with van der Waals surface area (Å²) in [6, 6.07) is 8.36. The zero-order valence-corrected chi connectivity index (χ0v) is 18.6. The van der Waals surface area contributed by atoms with Crippen LogP contribution in [-0.4, -0.2) is 60.7 Å². The lowest BCUT2D eigenvalue weighted by atomic mass is 9.77. The molecule has 1 aliphatic rings. The Morgan fingerprint density at radius 2 is 2.10 bits per heavy atom. The van der Waals surface area contributed by atoms with Gasteiger partial charge < -0.3 is 24.4 Å². The molecule has 1 atom stereocenters. The lowest BCUT2D eigenvalue weighted by molar-refractivity contribution is -0.117. The molecule has 1 saturated heterocycles. The smallest absolute Gasteiger partial charge is 0.138 e. The maximum Gasteiger partial charge on any atom is 0.138 e. The minimum atomic E-state index is -0.339. The number of aryl methyl sites for hydroxylation is 1. The van der Waals surface area contributed by atoms with Crippen LogP contribution in [0.3, 0.4) is 0 Å². The summed E-state index contributed by atoms with van der Waals surface area (Å²) in [7, 11) is 2.04. The van der Waals surface area contributed by atoms with Crippen LogP contribution in [-0.2, 0) is 9.59 Å². The summed E-state index contributed by atoms with van der Waals surface area (Å²) in [6.07, 6.45) is 8.36. The zero-order valence-electron chi connectivity index (χ0n) is 18.6. The van der Waals surface area contributed by atoms with E-state index in [-0.39, 0.29) is 5.41 Å². The Kier molecular flexibility index (Phi) is 6.37. The molecule has 1 N–H and O–H groups in total. The molecule has 3 aromatic rings. The number of aromatic nitrogens is 2. The fraction of sp³-hybridized carbons (Fsp3) is 0.480. The van der Waals surface area contributed by atoms with Crippen LogP contribution in [0.25, 0.3) is 21.8 Å². The van der Waals surface area contributed by atoms with Crippen molar-refractivity contribution in [3.63, 3.8) is 0 Å². The molecule has 1 aliphatic heterocycles. The largest absolute Gasteiger partial charge is 0.355 e. The van der Waals surface area contributed by atoms with Gasteiger partial charge in [0, 0.05) is 48.6 Å². The van der Waals surface area contributed by atoms with Gasteiger partial charge in [-0.25, -0.2) is 4.98 Å². The monoisotopic (exact) mass is 420 g/mol. The molecule has 0 radical (unpaired) electrons. The third-order valence-corrected chi connectivity index (χ3v) is 6.71. The topological polar surface area (TPSA) is 69.3 Å². The summed E-state index contributed by atoms with van der Waals surface area (Å²) in [5.74, 6) is 0.979. The molecule has 3 heterocycles. The molecule has 164 valence electrons. The van der Waals surface area contributed by atoms with Crippen LogP contribution in [0.1, 0.15) is 37.7 Å². The Bertz CT molecular complexity index is 1080. The first-order valence-corrected chi connectivity index (χ1v) is 11.3. The van der Waals surface area contributed by atoms with Crippen molar-refractivity contribution < 1.29 is 9.59 Å². The van der Waals surface area contributed by atoms with Gasteiger partial charge in [-0.15, -0.1) is 0 Å². The predicted octanol–water partition coefficient (Wildman–Crippen LogP) is 4.11. The van der Waals surface area contributed by atoms with Crippen LogP contribution in [0.15, 0.2) is 30.5 Å². The van der Waals surface area contributed by atoms with Gasteiger partial charge in [0.2, 0.25) is 0 Å². The van der Waals surface area contributed by atoms with Gasteiger partial charge in [0.1, 0.15) is 18.4 Å². The number of fused-ring (bicyclic) bond motifs is 3. The van der Waals surface area contributed by atoms with Crippen molar-refractivity contribution in [2.45, 2.75) is 39.0 Å². The fourth-order valence-corrected chi connectivity index (χ4v) is 4.98. The van der Waals surface area contributed by atoms with Gasteiger partial charge in [0.05, 0.1) is 10.9 Å². The van der Waals surface area contributed by atoms with Crippen molar-refractivity contribution in [3.05, 3.63) is 36.0 Å². The number of para-hydroxylation sites is 1. The van der Waals surface area contributed by atoms with Gasteiger partial charge >= 0.3 is 0 Å². The summed E-state index contributed by atoms with van der Waals surface area (Å²) >= 11 is 0. The Morgan fingerprint density at radius 1 is 1.26 bits per heavy atom. The van der Waals surface area contributed by atoms with Crippen molar-refractivity contribution in [2.24, 2.45) is 5.41 Å². The zero-order chi connectivity index (χ0) is 21.8. The summed E-state index contributed by atoms with van der Waals surface area (Å²) in [4.78, 5) is 35.7. The highest BCUT2D eigenvalue weighted by atomic mass is 16.1. The number of anilines is 1. The molecule has 0 aliphatic carbocycles. The number of nitrogens with zero attached hydrogens (tertiary/aromatic N) is 3. The highest BCUT2D eigenvalue weighted by Gasteiger charge is 2.36. The van der Waals surface area contributed by atoms with Crippen LogP contribution >= 0.6 is 0 Å². The Balaban J connectivity index is 1.58. The Morgan fingerprint density at radius 3 is 2.90 bits per heavy atom. The number of pyridine rings is 1. The van der Waals surface area contributed by atoms with Gasteiger partial charge in [-0.1, -0.05) is 18.2 Å². The number of benzene rings is 1. The number of aldehydes is 2. The number of carbonyl (C=O) groups excluding carboxylic acids is 2. The Hall–Kier alpha value is -2.73. The molecule has 0 amide bonds. The third-order valence-electron chi connectivity index (χ3n) is 6.71. The molecule has 1 aromatic carbocycles. The van der Waals surface area contributed by atoms with Crippen LogP contribution in [0.4, 0.5) is 5.82 Å². The van der Waals surface area contributed by atoms with Crippen LogP contribution in [0, 0.1) is 12.3 Å². The summed E-state index contributed by atoms with van der Waals surface area (Å²) in [5.41, 5.74) is 3.04. The van der Waals surface area contributed by atoms with Crippen molar-refractivity contribution in [1.29, 1.82) is 0 Å². The molecular weight excluding hydrogens is 388 g/mol. The molecule has 1 unspecified atom stereocenters. The highest BCUT2D eigenvalue weighted by Crippen LogP contribution is 2.39. The highest BCUT2D eigenvalue weighted by molar-refractivity contribution is 6.13. The number of nitrogens with one attached hydrogen (secondary N) is 1. The van der Waals surface area contributed by atoms with Crippen molar-refractivity contribution in [1.82, 2.24) is 14.9 Å². The molecule has 6 heteroatoms. The fourth-order valence-electron chi connectivity index (χ4n) is 4.98. The van der Waals surface area contributed by atoms with Gasteiger partial charge in [0.15, 0.2) is 0 Å². The first-order valence-electron chi connectivity index (χ1n) is 11.3. The average molecular weight is 421 g/mol. The molecule has 2 aromatic heterocycles. The molecule has 0 bridgehead atoms. The Labute approximate surface area is 183 Å². The maximum atomic E-state index is 12.3. The first kappa shape index (κ1) is 21.5. The van der Waals surface area contributed by atoms with Crippen molar-refractivity contribution in [3.8, 4) is 0 Å². The third kappa shape index (κ3) is 4.35. The molecule has 1 fully saturated rings. The van der Waals surface area contributed by atoms with E-state index in [1.54, 1.807) is 0 Å². The quantitative estimate of drug-likeness (QED) is 0.528. The number of hydrogen-bond acceptors (Lipinski definition) is 5. The number of piperidine rings is 1. The van der Waals surface area contributed by atoms with E-state index in [9.17, 15) is 9.59 Å². The number of rotatable bonds is 9. The summed E-state index contributed by atoms with van der Waals surface area (Å²) in [6.45, 7) is 5.38. The predicted molar refractivity (Wildman–Crippen MR) is 126 cm³/mol. The lowest BCUT2D eigenvalue weighted by Crippen LogP contribution is -2.45. The van der Waals surface area contributed by atoms with E-state index < -0.39 is 0 Å². The normalized spacial score (nSPS) is 19.4. The number of carbonyl (C=O) groups is 2. The number of hydrogen-bond donors (Lipinski definition) is 1. The minimum Gasteiger partial charge on any atom is -0.355 e. The summed E-state index contributed by atoms with van der Waals surface area (Å²) in [5, 5.41) is 2.34. The number of H-pyrrole nitrogens is 1. The average Bonchev–Trinajstić information content (AvgIpc) is 3.19. The van der Waals surface area contributed by atoms with Gasteiger partial charge in [-0.05, 0) is 57.8 Å². The van der Waals surface area contributed by atoms with Crippen molar-refractivity contribution >= 4 is 40.2 Å². The molecule has 31 heavy (non-hydrogen) atoms. The standard InChI is InChI=1S/C25H32N4O2/c1-19-16-26-24(22-20-8-3-4-9-21(20)27-23(19)22)29-14-6-11-25(17-29,18-31)10-5-12-28(2)13-7-15-30/h3-4,8-9,15-16,18,27H,5-7,10-14,17H2,1-2H3. The van der Waals surface area contributed by atoms with E-state index in [4.69, 9.17) is 4.98 Å². The van der Waals surface area contributed by atoms with Crippen LogP contribution < -0.4 is 4.90 Å². The van der Waals surface area contributed by atoms with Crippen LogP contribution in [0.5, 0.6) is 0 Å². The summed E-state index contributed by atoms with van der Waals surface area (Å²) < 4.78 is 0. The second kappa shape index (κ2) is 9.18. The second-order valence-electron chi connectivity index (χ2n) is 9.05. The first-order chi connectivity index (χ1) is 15.1. The van der Waals surface area contributed by atoms with E-state index in [0.717, 1.165) is 79.4 Å². The van der Waals surface area contributed by atoms with Gasteiger partial charge in [-0.2, -0.15) is 0 Å². The second-order valence-corrected chi connectivity index (χ2v) is 9.05. The van der Waals surface area contributed by atoms with Crippen LogP contribution in [0.2, 0.25) is 0 Å². The minimum absolute atomic E-state index is 0.339. The molecule has 6 nitrogen and oxygen atoms in total. The van der Waals surface area contributed by atoms with E-state index in [1.807, 2.05) is 19.3 Å². The molecular formula is C25H32N4O2. The number of aromatic amines is 1. The van der Waals surface area contributed by atoms with E-state index in [2.05, 4.69) is 39.9 Å². The van der Waals surface area contributed by atoms with E-state index in [0.29, 0.717) is 13.0 Å². The van der Waals surface area contributed by atoms with E-state index >= 15 is 0 Å². The molecule has 4 rings (SSSR count). The molecule has 0 saturated carbocycles. The molecule has 0 spiro atoms. The van der Waals surface area contributed by atoms with Gasteiger partial charge in [-0.3, -0.25) is 0 Å². The van der Waals surface area contributed by atoms with Gasteiger partial charge in [0.25, 0.3) is 0 Å². The van der Waals surface area contributed by atoms with Crippen molar-refractivity contribution in [2.75, 3.05) is 38.1 Å². The maximum absolute atomic E-state index is 12.3. The van der Waals surface area contributed by atoms with E-state index in [1.165, 1.54) is 11.7 Å².